The zero-order valence-corrected chi connectivity index (χ0v) is 18.5. The maximum absolute atomic E-state index is 14.2. The van der Waals surface area contributed by atoms with Crippen LogP contribution < -0.4 is 9.04 Å². The summed E-state index contributed by atoms with van der Waals surface area (Å²) >= 11 is 0. The predicted octanol–water partition coefficient (Wildman–Crippen LogP) is 4.69. The number of sulfonamides is 1. The Morgan fingerprint density at radius 1 is 1.06 bits per heavy atom. The van der Waals surface area contributed by atoms with Crippen molar-refractivity contribution in [3.8, 4) is 22.9 Å². The second-order valence-electron chi connectivity index (χ2n) is 7.12. The molecule has 1 aliphatic rings. The van der Waals surface area contributed by atoms with Gasteiger partial charge in [0.15, 0.2) is 11.6 Å². The van der Waals surface area contributed by atoms with E-state index < -0.39 is 26.4 Å². The van der Waals surface area contributed by atoms with Gasteiger partial charge in [-0.05, 0) is 53.6 Å². The van der Waals surface area contributed by atoms with E-state index in [1.54, 1.807) is 36.4 Å². The number of hydrogen-bond donors (Lipinski definition) is 2. The van der Waals surface area contributed by atoms with Crippen LogP contribution in [-0.4, -0.2) is 36.9 Å². The van der Waals surface area contributed by atoms with Gasteiger partial charge in [0.1, 0.15) is 0 Å². The van der Waals surface area contributed by atoms with Gasteiger partial charge in [0, 0.05) is 0 Å². The Kier molecular flexibility index (Phi) is 5.60. The molecule has 4 rings (SSSR count). The van der Waals surface area contributed by atoms with Gasteiger partial charge in [0.2, 0.25) is 0 Å². The minimum Gasteiger partial charge on any atom is -0.494 e. The van der Waals surface area contributed by atoms with Gasteiger partial charge in [-0.1, -0.05) is 18.2 Å². The van der Waals surface area contributed by atoms with Crippen LogP contribution in [0.25, 0.3) is 11.1 Å². The zero-order valence-electron chi connectivity index (χ0n) is 16.9. The number of benzene rings is 3. The monoisotopic (exact) mass is 474 g/mol. The number of methoxy groups -OCH3 is 1. The molecule has 3 aromatic rings. The van der Waals surface area contributed by atoms with Crippen molar-refractivity contribution in [2.24, 2.45) is 0 Å². The minimum atomic E-state index is -4.20. The SMILES string of the molecule is COc1ccc(S(=O)(=O)N2CCS(O)(O)c3ccc(-c4ccc(C#N)cc4)cc32)cc1F. The highest BCUT2D eigenvalue weighted by Gasteiger charge is 2.36. The van der Waals surface area contributed by atoms with Crippen LogP contribution >= 0.6 is 10.6 Å². The first-order valence-corrected chi connectivity index (χ1v) is 12.6. The van der Waals surface area contributed by atoms with E-state index in [2.05, 4.69) is 0 Å². The van der Waals surface area contributed by atoms with Crippen molar-refractivity contribution >= 4 is 26.3 Å². The summed E-state index contributed by atoms with van der Waals surface area (Å²) in [5, 5.41) is 8.99. The number of nitrogens with zero attached hydrogens (tertiary/aromatic N) is 2. The first-order valence-electron chi connectivity index (χ1n) is 9.44. The molecule has 0 saturated heterocycles. The standard InChI is InChI=1S/C22H19FN2O5S2/c1-30-21-8-7-18(13-19(21)23)32(28,29)25-10-11-31(26,27)22-9-6-17(12-20(22)25)16-4-2-15(14-24)3-5-16/h2-9,12-13,26-27H,10-11H2,1H3. The molecule has 0 unspecified atom stereocenters. The van der Waals surface area contributed by atoms with Crippen molar-refractivity contribution in [1.29, 1.82) is 5.26 Å². The predicted molar refractivity (Wildman–Crippen MR) is 120 cm³/mol. The molecule has 0 atom stereocenters. The highest BCUT2D eigenvalue weighted by atomic mass is 32.3. The summed E-state index contributed by atoms with van der Waals surface area (Å²) in [6.45, 7) is -0.178. The smallest absolute Gasteiger partial charge is 0.264 e. The van der Waals surface area contributed by atoms with E-state index in [4.69, 9.17) is 10.00 Å². The van der Waals surface area contributed by atoms with E-state index in [0.29, 0.717) is 11.1 Å². The van der Waals surface area contributed by atoms with Crippen LogP contribution in [0.4, 0.5) is 10.1 Å². The summed E-state index contributed by atoms with van der Waals surface area (Å²) in [6, 6.07) is 16.8. The van der Waals surface area contributed by atoms with E-state index in [9.17, 15) is 21.9 Å². The zero-order chi connectivity index (χ0) is 23.1. The normalized spacial score (nSPS) is 16.0. The third kappa shape index (κ3) is 3.80. The molecule has 0 aliphatic carbocycles. The van der Waals surface area contributed by atoms with Crippen LogP contribution in [0.5, 0.6) is 5.75 Å². The Balaban J connectivity index is 1.83. The van der Waals surface area contributed by atoms with Gasteiger partial charge in [-0.3, -0.25) is 13.4 Å². The van der Waals surface area contributed by atoms with Crippen LogP contribution in [-0.2, 0) is 10.0 Å². The van der Waals surface area contributed by atoms with E-state index in [1.165, 1.54) is 25.3 Å². The van der Waals surface area contributed by atoms with Gasteiger partial charge in [0.25, 0.3) is 10.0 Å². The molecule has 10 heteroatoms. The fraction of sp³-hybridized carbons (Fsp3) is 0.136. The van der Waals surface area contributed by atoms with Crippen LogP contribution in [0.2, 0.25) is 0 Å². The Bertz CT molecular complexity index is 1340. The molecule has 0 fully saturated rings. The fourth-order valence-electron chi connectivity index (χ4n) is 3.53. The molecule has 0 aromatic heterocycles. The lowest BCUT2D eigenvalue weighted by Gasteiger charge is -2.42. The van der Waals surface area contributed by atoms with Crippen molar-refractivity contribution in [2.75, 3.05) is 23.7 Å². The molecule has 2 N–H and O–H groups in total. The lowest BCUT2D eigenvalue weighted by molar-refractivity contribution is 0.385. The number of rotatable bonds is 4. The summed E-state index contributed by atoms with van der Waals surface area (Å²) in [5.74, 6) is -1.07. The summed E-state index contributed by atoms with van der Waals surface area (Å²) in [4.78, 5) is -0.164. The van der Waals surface area contributed by atoms with Crippen LogP contribution in [0.3, 0.4) is 0 Å². The molecular weight excluding hydrogens is 455 g/mol. The second-order valence-corrected chi connectivity index (χ2v) is 11.2. The average molecular weight is 475 g/mol. The van der Waals surface area contributed by atoms with Crippen LogP contribution in [0, 0.1) is 17.1 Å². The topological polar surface area (TPSA) is 111 Å². The Morgan fingerprint density at radius 3 is 2.38 bits per heavy atom. The molecule has 1 aliphatic heterocycles. The number of nitriles is 1. The molecule has 7 nitrogen and oxygen atoms in total. The minimum absolute atomic E-state index is 0.0831. The molecule has 1 heterocycles. The van der Waals surface area contributed by atoms with Crippen molar-refractivity contribution in [3.05, 3.63) is 72.0 Å². The molecule has 0 spiro atoms. The Morgan fingerprint density at radius 2 is 1.75 bits per heavy atom. The Labute approximate surface area is 186 Å². The summed E-state index contributed by atoms with van der Waals surface area (Å²) in [5.41, 5.74) is 1.95. The largest absolute Gasteiger partial charge is 0.494 e. The molecule has 0 bridgehead atoms. The van der Waals surface area contributed by atoms with E-state index >= 15 is 0 Å². The molecule has 0 saturated carbocycles. The molecule has 166 valence electrons. The molecule has 0 amide bonds. The summed E-state index contributed by atoms with van der Waals surface area (Å²) in [6.07, 6.45) is 0. The van der Waals surface area contributed by atoms with E-state index in [-0.39, 0.29) is 33.5 Å². The lowest BCUT2D eigenvalue weighted by Crippen LogP contribution is -2.38. The molecule has 32 heavy (non-hydrogen) atoms. The summed E-state index contributed by atoms with van der Waals surface area (Å²) in [7, 11) is -6.11. The van der Waals surface area contributed by atoms with Gasteiger partial charge in [0.05, 0.1) is 46.5 Å². The lowest BCUT2D eigenvalue weighted by atomic mass is 10.0. The first-order chi connectivity index (χ1) is 15.2. The van der Waals surface area contributed by atoms with Gasteiger partial charge < -0.3 is 4.74 Å². The summed E-state index contributed by atoms with van der Waals surface area (Å²) < 4.78 is 67.9. The van der Waals surface area contributed by atoms with Gasteiger partial charge >= 0.3 is 0 Å². The van der Waals surface area contributed by atoms with Crippen LogP contribution in [0.1, 0.15) is 5.56 Å². The number of halogens is 1. The third-order valence-electron chi connectivity index (χ3n) is 5.22. The molecular formula is C22H19FN2O5S2. The van der Waals surface area contributed by atoms with Gasteiger partial charge in [-0.2, -0.15) is 15.9 Å². The Hall–Kier alpha value is -3.10. The van der Waals surface area contributed by atoms with Crippen molar-refractivity contribution in [2.45, 2.75) is 9.79 Å². The molecule has 0 radical (unpaired) electrons. The third-order valence-corrected chi connectivity index (χ3v) is 8.83. The number of fused-ring (bicyclic) bond motifs is 1. The van der Waals surface area contributed by atoms with Crippen molar-refractivity contribution in [3.63, 3.8) is 0 Å². The number of hydrogen-bond acceptors (Lipinski definition) is 6. The highest BCUT2D eigenvalue weighted by molar-refractivity contribution is 8.24. The second kappa shape index (κ2) is 8.11. The first kappa shape index (κ1) is 22.1. The number of ether oxygens (including phenoxy) is 1. The maximum Gasteiger partial charge on any atom is 0.264 e. The van der Waals surface area contributed by atoms with Gasteiger partial charge in [-0.25, -0.2) is 12.8 Å². The average Bonchev–Trinajstić information content (AvgIpc) is 2.78. The molecule has 3 aromatic carbocycles. The number of anilines is 1. The van der Waals surface area contributed by atoms with Crippen molar-refractivity contribution in [1.82, 2.24) is 0 Å². The maximum atomic E-state index is 14.2. The quantitative estimate of drug-likeness (QED) is 0.567. The van der Waals surface area contributed by atoms with E-state index in [1.807, 2.05) is 6.07 Å². The van der Waals surface area contributed by atoms with Crippen molar-refractivity contribution < 1.29 is 26.7 Å². The van der Waals surface area contributed by atoms with E-state index in [0.717, 1.165) is 15.9 Å². The fourth-order valence-corrected chi connectivity index (χ4v) is 6.64. The van der Waals surface area contributed by atoms with Gasteiger partial charge in [-0.15, -0.1) is 0 Å². The highest BCUT2D eigenvalue weighted by Crippen LogP contribution is 2.56. The van der Waals surface area contributed by atoms with Crippen LogP contribution in [0.15, 0.2) is 70.5 Å².